The Morgan fingerprint density at radius 1 is 1.00 bits per heavy atom. The maximum absolute atomic E-state index is 13.9. The molecule has 0 amide bonds. The molecule has 2 heterocycles. The summed E-state index contributed by atoms with van der Waals surface area (Å²) in [7, 11) is 0. The Morgan fingerprint density at radius 3 is 2.06 bits per heavy atom. The minimum atomic E-state index is -3.02. The zero-order chi connectivity index (χ0) is 23.8. The van der Waals surface area contributed by atoms with Gasteiger partial charge in [0.25, 0.3) is 5.72 Å². The van der Waals surface area contributed by atoms with E-state index in [-0.39, 0.29) is 16.9 Å². The number of carbonyl (C=O) groups is 2. The molecule has 2 aromatic carbocycles. The summed E-state index contributed by atoms with van der Waals surface area (Å²) in [6.07, 6.45) is -2.62. The lowest BCUT2D eigenvalue weighted by molar-refractivity contribution is -0.144. The summed E-state index contributed by atoms with van der Waals surface area (Å²) in [6.45, 7) is -0.855. The van der Waals surface area contributed by atoms with Gasteiger partial charge in [-0.3, -0.25) is 14.2 Å². The quantitative estimate of drug-likeness (QED) is 0.369. The second-order valence-electron chi connectivity index (χ2n) is 7.59. The van der Waals surface area contributed by atoms with Gasteiger partial charge in [-0.2, -0.15) is 4.98 Å². The van der Waals surface area contributed by atoms with Crippen molar-refractivity contribution in [3.8, 4) is 0 Å². The molecule has 4 rings (SSSR count). The number of hydrogen-bond donors (Lipinski definition) is 4. The maximum atomic E-state index is 13.9. The number of anilines is 1. The van der Waals surface area contributed by atoms with Gasteiger partial charge in [0.2, 0.25) is 17.2 Å². The maximum Gasteiger partial charge on any atom is 0.352 e. The summed E-state index contributed by atoms with van der Waals surface area (Å²) in [4.78, 5) is 44.1. The largest absolute Gasteiger partial charge is 0.394 e. The molecular formula is C23H21N3O7. The van der Waals surface area contributed by atoms with Crippen LogP contribution < -0.4 is 11.4 Å². The van der Waals surface area contributed by atoms with E-state index in [1.165, 1.54) is 54.6 Å². The minimum absolute atomic E-state index is 0.0219. The highest BCUT2D eigenvalue weighted by Crippen LogP contribution is 2.47. The van der Waals surface area contributed by atoms with E-state index in [4.69, 9.17) is 10.5 Å². The lowest BCUT2D eigenvalue weighted by Gasteiger charge is -2.40. The lowest BCUT2D eigenvalue weighted by Crippen LogP contribution is -2.68. The summed E-state index contributed by atoms with van der Waals surface area (Å²) in [5.74, 6) is -2.26. The molecule has 4 atom stereocenters. The number of hydrogen-bond acceptors (Lipinski definition) is 9. The van der Waals surface area contributed by atoms with Gasteiger partial charge in [0.15, 0.2) is 0 Å². The predicted molar refractivity (Wildman–Crippen MR) is 115 cm³/mol. The van der Waals surface area contributed by atoms with Crippen LogP contribution in [-0.4, -0.2) is 60.9 Å². The number of rotatable bonds is 6. The van der Waals surface area contributed by atoms with Gasteiger partial charge in [0.05, 0.1) is 6.61 Å². The van der Waals surface area contributed by atoms with Crippen molar-refractivity contribution in [3.63, 3.8) is 0 Å². The standard InChI is InChI=1S/C23H21N3O7/c24-17-11-12-26(21(31)25-17)23(19(29)15-9-5-2-6-10-15)22(32,20(30)16(13-27)33-23)18(28)14-7-3-1-4-8-14/h1-12,16,20,27,30,32H,13H2,(H2,24,25,31)/t16-,20-,22-,23-/m1/s1. The Bertz CT molecular complexity index is 1250. The molecule has 170 valence electrons. The van der Waals surface area contributed by atoms with E-state index in [2.05, 4.69) is 4.98 Å². The molecule has 1 fully saturated rings. The predicted octanol–water partition coefficient (Wildman–Crippen LogP) is -0.273. The van der Waals surface area contributed by atoms with Crippen molar-refractivity contribution in [1.29, 1.82) is 0 Å². The van der Waals surface area contributed by atoms with Crippen molar-refractivity contribution in [3.05, 3.63) is 94.5 Å². The average molecular weight is 451 g/mol. The lowest BCUT2D eigenvalue weighted by atomic mass is 9.76. The van der Waals surface area contributed by atoms with E-state index >= 15 is 0 Å². The zero-order valence-electron chi connectivity index (χ0n) is 17.2. The van der Waals surface area contributed by atoms with E-state index in [1.54, 1.807) is 12.1 Å². The molecule has 33 heavy (non-hydrogen) atoms. The molecular weight excluding hydrogens is 430 g/mol. The van der Waals surface area contributed by atoms with Crippen LogP contribution in [0, 0.1) is 0 Å². The number of Topliss-reactive ketones (excluding diaryl/α,β-unsaturated/α-hetero) is 2. The second-order valence-corrected chi connectivity index (χ2v) is 7.59. The van der Waals surface area contributed by atoms with Crippen LogP contribution in [0.3, 0.4) is 0 Å². The number of nitrogens with two attached hydrogens (primary N) is 1. The SMILES string of the molecule is Nc1ccn([C@]2(C(=O)c3ccccc3)O[C@H](CO)[C@@H](O)[C@]2(O)C(=O)c2ccccc2)c(=O)n1. The molecule has 0 aliphatic carbocycles. The number of aliphatic hydroxyl groups is 3. The van der Waals surface area contributed by atoms with Crippen molar-refractivity contribution in [2.75, 3.05) is 12.3 Å². The molecule has 0 radical (unpaired) electrons. The minimum Gasteiger partial charge on any atom is -0.394 e. The number of carbonyl (C=O) groups excluding carboxylic acids is 2. The third-order valence-corrected chi connectivity index (χ3v) is 5.69. The van der Waals surface area contributed by atoms with E-state index in [0.29, 0.717) is 4.57 Å². The van der Waals surface area contributed by atoms with E-state index in [0.717, 1.165) is 6.20 Å². The first kappa shape index (κ1) is 22.5. The van der Waals surface area contributed by atoms with Gasteiger partial charge in [-0.25, -0.2) is 4.79 Å². The van der Waals surface area contributed by atoms with Gasteiger partial charge >= 0.3 is 5.69 Å². The number of aromatic nitrogens is 2. The molecule has 1 aromatic heterocycles. The van der Waals surface area contributed by atoms with Gasteiger partial charge in [-0.05, 0) is 6.07 Å². The van der Waals surface area contributed by atoms with Gasteiger partial charge in [0, 0.05) is 17.3 Å². The molecule has 5 N–H and O–H groups in total. The van der Waals surface area contributed by atoms with Crippen LogP contribution in [-0.2, 0) is 10.5 Å². The van der Waals surface area contributed by atoms with Crippen molar-refractivity contribution in [2.24, 2.45) is 0 Å². The molecule has 0 bridgehead atoms. The molecule has 3 aromatic rings. The van der Waals surface area contributed by atoms with Gasteiger partial charge in [0.1, 0.15) is 18.0 Å². The van der Waals surface area contributed by atoms with Crippen molar-refractivity contribution in [2.45, 2.75) is 23.5 Å². The fourth-order valence-electron chi connectivity index (χ4n) is 4.10. The first-order chi connectivity index (χ1) is 15.8. The Hall–Kier alpha value is -3.70. The summed E-state index contributed by atoms with van der Waals surface area (Å²) in [6, 6.07) is 16.1. The number of nitrogen functional groups attached to an aromatic ring is 1. The first-order valence-electron chi connectivity index (χ1n) is 10.0. The molecule has 0 spiro atoms. The summed E-state index contributed by atoms with van der Waals surface area (Å²) in [5.41, 5.74) is -1.41. The van der Waals surface area contributed by atoms with Gasteiger partial charge in [-0.1, -0.05) is 60.7 Å². The van der Waals surface area contributed by atoms with Crippen LogP contribution in [0.4, 0.5) is 5.82 Å². The Labute approximate surface area is 187 Å². The number of ketones is 2. The van der Waals surface area contributed by atoms with Crippen LogP contribution in [0.1, 0.15) is 20.7 Å². The molecule has 1 aliphatic heterocycles. The smallest absolute Gasteiger partial charge is 0.352 e. The van der Waals surface area contributed by atoms with Crippen LogP contribution in [0.25, 0.3) is 0 Å². The van der Waals surface area contributed by atoms with Crippen molar-refractivity contribution < 1.29 is 29.6 Å². The number of benzene rings is 2. The van der Waals surface area contributed by atoms with Crippen molar-refractivity contribution >= 4 is 17.4 Å². The molecule has 0 saturated carbocycles. The third kappa shape index (κ3) is 3.28. The Kier molecular flexibility index (Phi) is 5.68. The van der Waals surface area contributed by atoms with Crippen LogP contribution in [0.5, 0.6) is 0 Å². The highest BCUT2D eigenvalue weighted by atomic mass is 16.6. The molecule has 10 heteroatoms. The Morgan fingerprint density at radius 2 is 1.55 bits per heavy atom. The fraction of sp³-hybridized carbons (Fsp3) is 0.217. The summed E-state index contributed by atoms with van der Waals surface area (Å²) < 4.78 is 6.38. The van der Waals surface area contributed by atoms with Gasteiger partial charge < -0.3 is 25.8 Å². The average Bonchev–Trinajstić information content (AvgIpc) is 3.07. The van der Waals surface area contributed by atoms with Gasteiger partial charge in [-0.15, -0.1) is 0 Å². The summed E-state index contributed by atoms with van der Waals surface area (Å²) >= 11 is 0. The van der Waals surface area contributed by atoms with Crippen LogP contribution in [0.15, 0.2) is 77.7 Å². The first-order valence-corrected chi connectivity index (χ1v) is 10.0. The van der Waals surface area contributed by atoms with E-state index in [1.807, 2.05) is 0 Å². The zero-order valence-corrected chi connectivity index (χ0v) is 17.2. The van der Waals surface area contributed by atoms with Crippen LogP contribution in [0.2, 0.25) is 0 Å². The van der Waals surface area contributed by atoms with E-state index < -0.39 is 47.4 Å². The highest BCUT2D eigenvalue weighted by molar-refractivity contribution is 6.11. The molecule has 1 aliphatic rings. The number of nitrogens with zero attached hydrogens (tertiary/aromatic N) is 2. The van der Waals surface area contributed by atoms with Crippen LogP contribution >= 0.6 is 0 Å². The van der Waals surface area contributed by atoms with Crippen molar-refractivity contribution in [1.82, 2.24) is 9.55 Å². The monoisotopic (exact) mass is 451 g/mol. The Balaban J connectivity index is 2.07. The normalized spacial score (nSPS) is 26.8. The van der Waals surface area contributed by atoms with E-state index in [9.17, 15) is 29.7 Å². The number of aliphatic hydroxyl groups excluding tert-OH is 2. The highest BCUT2D eigenvalue weighted by Gasteiger charge is 2.74. The second kappa shape index (κ2) is 8.34. The molecule has 10 nitrogen and oxygen atoms in total. The topological polar surface area (TPSA) is 165 Å². The third-order valence-electron chi connectivity index (χ3n) is 5.69. The number of ether oxygens (including phenoxy) is 1. The summed E-state index contributed by atoms with van der Waals surface area (Å²) in [5, 5.41) is 32.7. The molecule has 1 saturated heterocycles. The fourth-order valence-corrected chi connectivity index (χ4v) is 4.10. The molecule has 0 unspecified atom stereocenters.